The molecule has 0 radical (unpaired) electrons. The molecule has 4 rings (SSSR count). The van der Waals surface area contributed by atoms with Gasteiger partial charge in [0.05, 0.1) is 6.54 Å². The first-order valence-electron chi connectivity index (χ1n) is 10.7. The van der Waals surface area contributed by atoms with Crippen molar-refractivity contribution in [2.24, 2.45) is 0 Å². The smallest absolute Gasteiger partial charge is 0.222 e. The average Bonchev–Trinajstić information content (AvgIpc) is 3.41. The number of piperidine rings is 1. The molecule has 0 atom stereocenters. The lowest BCUT2D eigenvalue weighted by Gasteiger charge is -2.39. The second-order valence-electron chi connectivity index (χ2n) is 8.52. The lowest BCUT2D eigenvalue weighted by molar-refractivity contribution is -0.122. The third kappa shape index (κ3) is 5.01. The summed E-state index contributed by atoms with van der Waals surface area (Å²) in [6, 6.07) is 7.43. The normalized spacial score (nSPS) is 20.0. The molecular weight excluding hydrogens is 369 g/mol. The van der Waals surface area contributed by atoms with Crippen molar-refractivity contribution >= 4 is 5.91 Å². The zero-order chi connectivity index (χ0) is 20.1. The van der Waals surface area contributed by atoms with E-state index in [0.717, 1.165) is 50.9 Å². The molecular formula is C22H30FN5O. The van der Waals surface area contributed by atoms with Crippen LogP contribution in [0.15, 0.2) is 36.9 Å². The molecule has 1 saturated carbocycles. The van der Waals surface area contributed by atoms with Crippen molar-refractivity contribution in [2.75, 3.05) is 19.6 Å². The number of nitrogens with zero attached hydrogens (tertiary/aromatic N) is 4. The lowest BCUT2D eigenvalue weighted by atomic mass is 9.78. The Labute approximate surface area is 171 Å². The van der Waals surface area contributed by atoms with Crippen molar-refractivity contribution in [3.8, 4) is 0 Å². The van der Waals surface area contributed by atoms with Crippen LogP contribution in [0.5, 0.6) is 0 Å². The van der Waals surface area contributed by atoms with Crippen molar-refractivity contribution in [1.82, 2.24) is 25.0 Å². The quantitative estimate of drug-likeness (QED) is 0.778. The topological polar surface area (TPSA) is 63.1 Å². The Morgan fingerprint density at radius 3 is 2.72 bits per heavy atom. The van der Waals surface area contributed by atoms with Crippen LogP contribution >= 0.6 is 0 Å². The van der Waals surface area contributed by atoms with Crippen LogP contribution < -0.4 is 5.32 Å². The van der Waals surface area contributed by atoms with Crippen LogP contribution in [0.1, 0.15) is 50.5 Å². The Morgan fingerprint density at radius 1 is 1.24 bits per heavy atom. The highest BCUT2D eigenvalue weighted by Crippen LogP contribution is 2.42. The first-order chi connectivity index (χ1) is 14.1. The molecule has 0 bridgehead atoms. The zero-order valence-electron chi connectivity index (χ0n) is 16.9. The number of carbonyl (C=O) groups is 1. The number of aryl methyl sites for hydroxylation is 1. The van der Waals surface area contributed by atoms with Gasteiger partial charge >= 0.3 is 0 Å². The number of hydrogen-bond acceptors (Lipinski definition) is 4. The van der Waals surface area contributed by atoms with Crippen molar-refractivity contribution in [3.63, 3.8) is 0 Å². The molecule has 156 valence electrons. The monoisotopic (exact) mass is 399 g/mol. The number of halogens is 1. The summed E-state index contributed by atoms with van der Waals surface area (Å²) in [5, 5.41) is 7.19. The minimum absolute atomic E-state index is 0.0750. The van der Waals surface area contributed by atoms with Gasteiger partial charge in [-0.25, -0.2) is 9.37 Å². The summed E-state index contributed by atoms with van der Waals surface area (Å²) in [4.78, 5) is 18.6. The minimum Gasteiger partial charge on any atom is -0.353 e. The minimum atomic E-state index is -0.138. The zero-order valence-corrected chi connectivity index (χ0v) is 16.9. The van der Waals surface area contributed by atoms with Crippen LogP contribution in [0.25, 0.3) is 0 Å². The Balaban J connectivity index is 1.27. The van der Waals surface area contributed by atoms with E-state index in [0.29, 0.717) is 13.0 Å². The van der Waals surface area contributed by atoms with Gasteiger partial charge in [0, 0.05) is 37.5 Å². The summed E-state index contributed by atoms with van der Waals surface area (Å²) in [6.45, 7) is 3.50. The fourth-order valence-corrected chi connectivity index (χ4v) is 4.94. The first-order valence-corrected chi connectivity index (χ1v) is 10.7. The van der Waals surface area contributed by atoms with Crippen molar-refractivity contribution in [3.05, 3.63) is 48.3 Å². The van der Waals surface area contributed by atoms with E-state index < -0.39 is 0 Å². The SMILES string of the molecule is O=C(CCn1cncn1)NC1CCN(CC2(c3cccc(F)c3)CCCC2)CC1. The standard InChI is InChI=1S/C22H30FN5O/c23-19-5-3-4-18(14-19)22(9-1-2-10-22)15-27-11-6-20(7-12-27)26-21(29)8-13-28-17-24-16-25-28/h3-5,14,16-17,20H,1-2,6-13,15H2,(H,26,29). The number of amides is 1. The molecule has 1 N–H and O–H groups in total. The Morgan fingerprint density at radius 2 is 2.03 bits per heavy atom. The highest BCUT2D eigenvalue weighted by Gasteiger charge is 2.38. The van der Waals surface area contributed by atoms with Crippen LogP contribution in [-0.2, 0) is 16.8 Å². The maximum absolute atomic E-state index is 13.8. The van der Waals surface area contributed by atoms with Gasteiger partial charge in [-0.05, 0) is 43.4 Å². The molecule has 0 spiro atoms. The summed E-state index contributed by atoms with van der Waals surface area (Å²) in [5.41, 5.74) is 1.23. The van der Waals surface area contributed by atoms with Crippen molar-refractivity contribution in [1.29, 1.82) is 0 Å². The second kappa shape index (κ2) is 9.03. The van der Waals surface area contributed by atoms with Crippen molar-refractivity contribution < 1.29 is 9.18 Å². The highest BCUT2D eigenvalue weighted by molar-refractivity contribution is 5.76. The molecule has 7 heteroatoms. The summed E-state index contributed by atoms with van der Waals surface area (Å²) in [6.07, 6.45) is 10.2. The molecule has 1 aromatic carbocycles. The van der Waals surface area contributed by atoms with Gasteiger partial charge < -0.3 is 10.2 Å². The molecule has 0 unspecified atom stereocenters. The highest BCUT2D eigenvalue weighted by atomic mass is 19.1. The van der Waals surface area contributed by atoms with Crippen LogP contribution in [0, 0.1) is 5.82 Å². The van der Waals surface area contributed by atoms with Gasteiger partial charge in [-0.3, -0.25) is 9.48 Å². The van der Waals surface area contributed by atoms with E-state index in [-0.39, 0.29) is 23.2 Å². The number of likely N-dealkylation sites (tertiary alicyclic amines) is 1. The molecule has 2 heterocycles. The molecule has 1 amide bonds. The van der Waals surface area contributed by atoms with E-state index in [4.69, 9.17) is 0 Å². The summed E-state index contributed by atoms with van der Waals surface area (Å²) >= 11 is 0. The molecule has 2 fully saturated rings. The van der Waals surface area contributed by atoms with E-state index in [1.165, 1.54) is 25.2 Å². The summed E-state index contributed by atoms with van der Waals surface area (Å²) in [7, 11) is 0. The Bertz CT molecular complexity index is 795. The van der Waals surface area contributed by atoms with E-state index >= 15 is 0 Å². The van der Waals surface area contributed by atoms with E-state index in [1.807, 2.05) is 6.07 Å². The van der Waals surface area contributed by atoms with E-state index in [1.54, 1.807) is 17.1 Å². The maximum Gasteiger partial charge on any atom is 0.222 e. The van der Waals surface area contributed by atoms with Crippen molar-refractivity contribution in [2.45, 2.75) is 62.9 Å². The predicted molar refractivity (Wildman–Crippen MR) is 109 cm³/mol. The molecule has 1 aliphatic carbocycles. The van der Waals surface area contributed by atoms with Gasteiger partial charge in [0.25, 0.3) is 0 Å². The van der Waals surface area contributed by atoms with Crippen LogP contribution in [-0.4, -0.2) is 51.2 Å². The van der Waals surface area contributed by atoms with Crippen LogP contribution in [0.4, 0.5) is 4.39 Å². The molecule has 1 aliphatic heterocycles. The van der Waals surface area contributed by atoms with Gasteiger partial charge in [0.15, 0.2) is 0 Å². The van der Waals surface area contributed by atoms with E-state index in [2.05, 4.69) is 26.4 Å². The summed E-state index contributed by atoms with van der Waals surface area (Å²) in [5.74, 6) is -0.0629. The number of hydrogen-bond donors (Lipinski definition) is 1. The fourth-order valence-electron chi connectivity index (χ4n) is 4.94. The molecule has 6 nitrogen and oxygen atoms in total. The molecule has 2 aliphatic rings. The van der Waals surface area contributed by atoms with Crippen LogP contribution in [0.3, 0.4) is 0 Å². The number of rotatable bonds is 7. The summed E-state index contributed by atoms with van der Waals surface area (Å²) < 4.78 is 15.5. The third-order valence-electron chi connectivity index (χ3n) is 6.51. The Kier molecular flexibility index (Phi) is 6.23. The largest absolute Gasteiger partial charge is 0.353 e. The van der Waals surface area contributed by atoms with E-state index in [9.17, 15) is 9.18 Å². The van der Waals surface area contributed by atoms with Gasteiger partial charge in [-0.2, -0.15) is 5.10 Å². The van der Waals surface area contributed by atoms with Gasteiger partial charge in [0.1, 0.15) is 18.5 Å². The first kappa shape index (κ1) is 20.0. The molecule has 29 heavy (non-hydrogen) atoms. The molecule has 2 aromatic rings. The lowest BCUT2D eigenvalue weighted by Crippen LogP contribution is -2.48. The predicted octanol–water partition coefficient (Wildman–Crippen LogP) is 2.90. The number of aromatic nitrogens is 3. The molecule has 1 aromatic heterocycles. The number of benzene rings is 1. The molecule has 1 saturated heterocycles. The average molecular weight is 400 g/mol. The number of nitrogens with one attached hydrogen (secondary N) is 1. The van der Waals surface area contributed by atoms with Gasteiger partial charge in [0.2, 0.25) is 5.91 Å². The Hall–Kier alpha value is -2.28. The maximum atomic E-state index is 13.8. The number of carbonyl (C=O) groups excluding carboxylic acids is 1. The van der Waals surface area contributed by atoms with Gasteiger partial charge in [-0.1, -0.05) is 25.0 Å². The second-order valence-corrected chi connectivity index (χ2v) is 8.52. The van der Waals surface area contributed by atoms with Gasteiger partial charge in [-0.15, -0.1) is 0 Å². The van der Waals surface area contributed by atoms with Crippen LogP contribution in [0.2, 0.25) is 0 Å². The fraction of sp³-hybridized carbons (Fsp3) is 0.591. The third-order valence-corrected chi connectivity index (χ3v) is 6.51.